The molecule has 2 aromatic rings. The van der Waals surface area contributed by atoms with E-state index in [4.69, 9.17) is 16.3 Å². The molecule has 0 spiro atoms. The summed E-state index contributed by atoms with van der Waals surface area (Å²) in [4.78, 5) is 13.0. The molecule has 4 rings (SSSR count). The first-order valence-corrected chi connectivity index (χ1v) is 9.78. The minimum atomic E-state index is -0.364. The summed E-state index contributed by atoms with van der Waals surface area (Å²) in [5, 5.41) is 3.99. The van der Waals surface area contributed by atoms with Gasteiger partial charge in [-0.3, -0.25) is 4.79 Å². The Hall–Kier alpha value is -1.84. The van der Waals surface area contributed by atoms with Gasteiger partial charge in [0.15, 0.2) is 0 Å². The number of halogens is 1. The SMILES string of the molecule is O=C(N[C@@H]1CCC[C@H]1OCc1ccccc1)C1(c2ccc(Cl)cc2)CC1. The second kappa shape index (κ2) is 7.42. The Labute approximate surface area is 159 Å². The zero-order valence-electron chi connectivity index (χ0n) is 14.8. The molecule has 3 nitrogen and oxygen atoms in total. The van der Waals surface area contributed by atoms with Crippen molar-refractivity contribution in [3.63, 3.8) is 0 Å². The third-order valence-corrected chi connectivity index (χ3v) is 5.91. The molecule has 0 aromatic heterocycles. The van der Waals surface area contributed by atoms with Gasteiger partial charge in [-0.2, -0.15) is 0 Å². The number of hydrogen-bond donors (Lipinski definition) is 1. The summed E-state index contributed by atoms with van der Waals surface area (Å²) < 4.78 is 6.12. The quantitative estimate of drug-likeness (QED) is 0.806. The molecular weight excluding hydrogens is 346 g/mol. The molecule has 2 fully saturated rings. The Morgan fingerprint density at radius 2 is 1.81 bits per heavy atom. The number of hydrogen-bond acceptors (Lipinski definition) is 2. The highest BCUT2D eigenvalue weighted by molar-refractivity contribution is 6.30. The van der Waals surface area contributed by atoms with Crippen molar-refractivity contribution in [2.75, 3.05) is 0 Å². The predicted octanol–water partition coefficient (Wildman–Crippen LogP) is 4.63. The summed E-state index contributed by atoms with van der Waals surface area (Å²) in [5.41, 5.74) is 1.88. The van der Waals surface area contributed by atoms with Crippen LogP contribution in [0, 0.1) is 0 Å². The average molecular weight is 370 g/mol. The van der Waals surface area contributed by atoms with Crippen LogP contribution in [0.25, 0.3) is 0 Å². The van der Waals surface area contributed by atoms with E-state index in [1.165, 1.54) is 5.56 Å². The van der Waals surface area contributed by atoms with E-state index in [1.54, 1.807) is 0 Å². The zero-order valence-corrected chi connectivity index (χ0v) is 15.5. The van der Waals surface area contributed by atoms with Crippen LogP contribution < -0.4 is 5.32 Å². The molecule has 2 aromatic carbocycles. The van der Waals surface area contributed by atoms with Crippen molar-refractivity contribution in [2.24, 2.45) is 0 Å². The van der Waals surface area contributed by atoms with Crippen LogP contribution in [0.5, 0.6) is 0 Å². The van der Waals surface area contributed by atoms with E-state index in [9.17, 15) is 4.79 Å². The first kappa shape index (κ1) is 17.6. The van der Waals surface area contributed by atoms with Crippen LogP contribution in [0.4, 0.5) is 0 Å². The van der Waals surface area contributed by atoms with Crippen molar-refractivity contribution in [3.8, 4) is 0 Å². The van der Waals surface area contributed by atoms with Gasteiger partial charge in [0.2, 0.25) is 5.91 Å². The van der Waals surface area contributed by atoms with Crippen molar-refractivity contribution in [2.45, 2.75) is 56.3 Å². The zero-order chi connectivity index (χ0) is 18.0. The molecule has 2 aliphatic rings. The lowest BCUT2D eigenvalue weighted by Gasteiger charge is -2.24. The molecule has 0 aliphatic heterocycles. The lowest BCUT2D eigenvalue weighted by Crippen LogP contribution is -2.45. The number of carbonyl (C=O) groups is 1. The van der Waals surface area contributed by atoms with Gasteiger partial charge in [0, 0.05) is 5.02 Å². The van der Waals surface area contributed by atoms with E-state index in [-0.39, 0.29) is 23.5 Å². The minimum Gasteiger partial charge on any atom is -0.371 e. The highest BCUT2D eigenvalue weighted by Gasteiger charge is 2.52. The van der Waals surface area contributed by atoms with Gasteiger partial charge in [0.1, 0.15) is 0 Å². The first-order chi connectivity index (χ1) is 12.7. The molecule has 0 unspecified atom stereocenters. The topological polar surface area (TPSA) is 38.3 Å². The molecule has 0 saturated heterocycles. The molecule has 2 aliphatic carbocycles. The Morgan fingerprint density at radius 3 is 2.50 bits per heavy atom. The Kier molecular flexibility index (Phi) is 5.01. The van der Waals surface area contributed by atoms with Crippen LogP contribution in [0.3, 0.4) is 0 Å². The Morgan fingerprint density at radius 1 is 1.08 bits per heavy atom. The van der Waals surface area contributed by atoms with Crippen LogP contribution in [-0.2, 0) is 21.6 Å². The summed E-state index contributed by atoms with van der Waals surface area (Å²) in [5.74, 6) is 0.139. The highest BCUT2D eigenvalue weighted by Crippen LogP contribution is 2.48. The molecule has 0 heterocycles. The van der Waals surface area contributed by atoms with Crippen molar-refractivity contribution in [1.82, 2.24) is 5.32 Å². The number of nitrogens with one attached hydrogen (secondary N) is 1. The van der Waals surface area contributed by atoms with Gasteiger partial charge in [0.05, 0.1) is 24.2 Å². The van der Waals surface area contributed by atoms with Gasteiger partial charge in [-0.1, -0.05) is 54.1 Å². The maximum absolute atomic E-state index is 13.0. The highest BCUT2D eigenvalue weighted by atomic mass is 35.5. The second-order valence-electron chi connectivity index (χ2n) is 7.43. The number of carbonyl (C=O) groups excluding carboxylic acids is 1. The van der Waals surface area contributed by atoms with Crippen molar-refractivity contribution >= 4 is 17.5 Å². The molecule has 4 heteroatoms. The van der Waals surface area contributed by atoms with Crippen molar-refractivity contribution < 1.29 is 9.53 Å². The Bertz CT molecular complexity index is 755. The molecule has 0 radical (unpaired) electrons. The minimum absolute atomic E-state index is 0.0974. The fourth-order valence-electron chi connectivity index (χ4n) is 3.92. The van der Waals surface area contributed by atoms with Gasteiger partial charge in [-0.25, -0.2) is 0 Å². The smallest absolute Gasteiger partial charge is 0.230 e. The molecular formula is C22H24ClNO2. The molecule has 136 valence electrons. The van der Waals surface area contributed by atoms with E-state index in [0.717, 1.165) is 37.7 Å². The summed E-state index contributed by atoms with van der Waals surface area (Å²) in [6.45, 7) is 0.597. The van der Waals surface area contributed by atoms with Gasteiger partial charge >= 0.3 is 0 Å². The van der Waals surface area contributed by atoms with Crippen LogP contribution in [0.1, 0.15) is 43.2 Å². The maximum Gasteiger partial charge on any atom is 0.230 e. The lowest BCUT2D eigenvalue weighted by molar-refractivity contribution is -0.125. The molecule has 0 bridgehead atoms. The fraction of sp³-hybridized carbons (Fsp3) is 0.409. The number of amides is 1. The van der Waals surface area contributed by atoms with Crippen molar-refractivity contribution in [3.05, 3.63) is 70.7 Å². The Balaban J connectivity index is 1.38. The van der Waals surface area contributed by atoms with Crippen LogP contribution in [0.15, 0.2) is 54.6 Å². The van der Waals surface area contributed by atoms with E-state index in [1.807, 2.05) is 42.5 Å². The monoisotopic (exact) mass is 369 g/mol. The summed E-state index contributed by atoms with van der Waals surface area (Å²) in [6, 6.07) is 18.0. The number of ether oxygens (including phenoxy) is 1. The largest absolute Gasteiger partial charge is 0.371 e. The summed E-state index contributed by atoms with van der Waals surface area (Å²) in [7, 11) is 0. The molecule has 2 atom stereocenters. The van der Waals surface area contributed by atoms with Gasteiger partial charge in [-0.05, 0) is 55.4 Å². The van der Waals surface area contributed by atoms with E-state index in [2.05, 4.69) is 17.4 Å². The maximum atomic E-state index is 13.0. The fourth-order valence-corrected chi connectivity index (χ4v) is 4.04. The predicted molar refractivity (Wildman–Crippen MR) is 103 cm³/mol. The van der Waals surface area contributed by atoms with E-state index < -0.39 is 0 Å². The van der Waals surface area contributed by atoms with Gasteiger partial charge in [0.25, 0.3) is 0 Å². The normalized spacial score (nSPS) is 23.6. The van der Waals surface area contributed by atoms with Crippen LogP contribution in [-0.4, -0.2) is 18.1 Å². The van der Waals surface area contributed by atoms with E-state index in [0.29, 0.717) is 11.6 Å². The standard InChI is InChI=1S/C22H24ClNO2/c23-18-11-9-17(10-12-18)22(13-14-22)21(25)24-19-7-4-8-20(19)26-15-16-5-2-1-3-6-16/h1-3,5-6,9-12,19-20H,4,7-8,13-15H2,(H,24,25)/t19-,20-/m1/s1. The number of benzene rings is 2. The summed E-state index contributed by atoms with van der Waals surface area (Å²) >= 11 is 5.99. The molecule has 1 N–H and O–H groups in total. The number of rotatable bonds is 6. The summed E-state index contributed by atoms with van der Waals surface area (Å²) in [6.07, 6.45) is 5.00. The molecule has 2 saturated carbocycles. The van der Waals surface area contributed by atoms with Gasteiger partial charge in [-0.15, -0.1) is 0 Å². The van der Waals surface area contributed by atoms with Crippen LogP contribution in [0.2, 0.25) is 5.02 Å². The van der Waals surface area contributed by atoms with Crippen LogP contribution >= 0.6 is 11.6 Å². The lowest BCUT2D eigenvalue weighted by atomic mass is 9.94. The van der Waals surface area contributed by atoms with Crippen molar-refractivity contribution in [1.29, 1.82) is 0 Å². The third kappa shape index (κ3) is 3.65. The molecule has 26 heavy (non-hydrogen) atoms. The molecule has 1 amide bonds. The first-order valence-electron chi connectivity index (χ1n) is 9.40. The second-order valence-corrected chi connectivity index (χ2v) is 7.87. The average Bonchev–Trinajstić information content (AvgIpc) is 3.36. The third-order valence-electron chi connectivity index (χ3n) is 5.66. The van der Waals surface area contributed by atoms with E-state index >= 15 is 0 Å². The van der Waals surface area contributed by atoms with Gasteiger partial charge < -0.3 is 10.1 Å².